The molecule has 1 saturated carbocycles. The van der Waals surface area contributed by atoms with Gasteiger partial charge in [-0.2, -0.15) is 0 Å². The van der Waals surface area contributed by atoms with Gasteiger partial charge in [-0.3, -0.25) is 4.79 Å². The van der Waals surface area contributed by atoms with Crippen LogP contribution in [0.4, 0.5) is 0 Å². The standard InChI is InChI=1S/C13H20N2OS.ClH/c14-10-13(6-1-2-7-13)12(16)15-8-5-11-4-3-9-17-11;/h3-4,9H,1-2,5-8,10,14H2,(H,15,16);1H. The SMILES string of the molecule is Cl.NCC1(C(=O)NCCc2cccs2)CCCC1. The molecule has 1 aromatic rings. The van der Waals surface area contributed by atoms with Gasteiger partial charge in [0.1, 0.15) is 0 Å². The van der Waals surface area contributed by atoms with Gasteiger partial charge in [-0.15, -0.1) is 23.7 Å². The second-order valence-electron chi connectivity index (χ2n) is 4.78. The number of amides is 1. The molecule has 1 heterocycles. The van der Waals surface area contributed by atoms with E-state index in [9.17, 15) is 4.79 Å². The van der Waals surface area contributed by atoms with Gasteiger partial charge in [-0.05, 0) is 30.7 Å². The van der Waals surface area contributed by atoms with E-state index in [1.54, 1.807) is 11.3 Å². The summed E-state index contributed by atoms with van der Waals surface area (Å²) in [5.41, 5.74) is 5.51. The predicted octanol–water partition coefficient (Wildman–Crippen LogP) is 2.35. The zero-order chi connectivity index (χ0) is 12.1. The van der Waals surface area contributed by atoms with Crippen molar-refractivity contribution in [2.24, 2.45) is 11.1 Å². The minimum Gasteiger partial charge on any atom is -0.355 e. The molecule has 0 bridgehead atoms. The number of rotatable bonds is 5. The monoisotopic (exact) mass is 288 g/mol. The van der Waals surface area contributed by atoms with Crippen molar-refractivity contribution < 1.29 is 4.79 Å². The number of hydrogen-bond acceptors (Lipinski definition) is 3. The molecule has 0 saturated heterocycles. The van der Waals surface area contributed by atoms with Crippen LogP contribution in [0.5, 0.6) is 0 Å². The van der Waals surface area contributed by atoms with Gasteiger partial charge in [0.15, 0.2) is 0 Å². The molecule has 2 rings (SSSR count). The van der Waals surface area contributed by atoms with E-state index in [-0.39, 0.29) is 23.7 Å². The third kappa shape index (κ3) is 3.46. The van der Waals surface area contributed by atoms with Crippen molar-refractivity contribution in [3.8, 4) is 0 Å². The van der Waals surface area contributed by atoms with Crippen molar-refractivity contribution in [1.29, 1.82) is 0 Å². The number of nitrogens with one attached hydrogen (secondary N) is 1. The summed E-state index contributed by atoms with van der Waals surface area (Å²) in [5.74, 6) is 0.161. The van der Waals surface area contributed by atoms with E-state index in [1.165, 1.54) is 4.88 Å². The molecule has 102 valence electrons. The van der Waals surface area contributed by atoms with Crippen LogP contribution >= 0.6 is 23.7 Å². The lowest BCUT2D eigenvalue weighted by Crippen LogP contribution is -2.44. The number of nitrogens with two attached hydrogens (primary N) is 1. The number of thiophene rings is 1. The first kappa shape index (κ1) is 15.5. The Morgan fingerprint density at radius 3 is 2.72 bits per heavy atom. The maximum atomic E-state index is 12.1. The zero-order valence-corrected chi connectivity index (χ0v) is 12.1. The van der Waals surface area contributed by atoms with Crippen LogP contribution in [0.3, 0.4) is 0 Å². The van der Waals surface area contributed by atoms with Crippen LogP contribution in [0.25, 0.3) is 0 Å². The van der Waals surface area contributed by atoms with Gasteiger partial charge >= 0.3 is 0 Å². The average Bonchev–Trinajstić information content (AvgIpc) is 3.00. The van der Waals surface area contributed by atoms with Gasteiger partial charge in [0, 0.05) is 18.0 Å². The van der Waals surface area contributed by atoms with E-state index in [1.807, 2.05) is 6.07 Å². The number of halogens is 1. The summed E-state index contributed by atoms with van der Waals surface area (Å²) >= 11 is 1.74. The van der Waals surface area contributed by atoms with Crippen molar-refractivity contribution in [3.05, 3.63) is 22.4 Å². The number of hydrogen-bond donors (Lipinski definition) is 2. The Bertz CT molecular complexity index is 361. The fraction of sp³-hybridized carbons (Fsp3) is 0.615. The van der Waals surface area contributed by atoms with Crippen LogP contribution in [0.1, 0.15) is 30.6 Å². The van der Waals surface area contributed by atoms with Crippen LogP contribution in [0, 0.1) is 5.41 Å². The summed E-state index contributed by atoms with van der Waals surface area (Å²) < 4.78 is 0. The summed E-state index contributed by atoms with van der Waals surface area (Å²) in [4.78, 5) is 13.5. The van der Waals surface area contributed by atoms with Crippen LogP contribution < -0.4 is 11.1 Å². The Balaban J connectivity index is 0.00000162. The first-order chi connectivity index (χ1) is 8.27. The highest BCUT2D eigenvalue weighted by Gasteiger charge is 2.39. The van der Waals surface area contributed by atoms with E-state index in [0.717, 1.165) is 38.6 Å². The van der Waals surface area contributed by atoms with Crippen molar-refractivity contribution in [2.45, 2.75) is 32.1 Å². The Hall–Kier alpha value is -0.580. The number of carbonyl (C=O) groups excluding carboxylic acids is 1. The molecule has 3 nitrogen and oxygen atoms in total. The molecule has 0 unspecified atom stereocenters. The molecule has 0 atom stereocenters. The van der Waals surface area contributed by atoms with Gasteiger partial charge in [0.2, 0.25) is 5.91 Å². The maximum absolute atomic E-state index is 12.1. The van der Waals surface area contributed by atoms with Gasteiger partial charge in [-0.1, -0.05) is 18.9 Å². The zero-order valence-electron chi connectivity index (χ0n) is 10.5. The minimum atomic E-state index is -0.268. The molecule has 1 aliphatic carbocycles. The van der Waals surface area contributed by atoms with Crippen molar-refractivity contribution in [2.75, 3.05) is 13.1 Å². The van der Waals surface area contributed by atoms with Gasteiger partial charge in [0.25, 0.3) is 0 Å². The third-order valence-corrected chi connectivity index (χ3v) is 4.61. The molecular weight excluding hydrogens is 268 g/mol. The topological polar surface area (TPSA) is 55.1 Å². The summed E-state index contributed by atoms with van der Waals surface area (Å²) in [5, 5.41) is 5.11. The maximum Gasteiger partial charge on any atom is 0.227 e. The lowest BCUT2D eigenvalue weighted by atomic mass is 9.85. The van der Waals surface area contributed by atoms with E-state index < -0.39 is 0 Å². The molecule has 1 fully saturated rings. The van der Waals surface area contributed by atoms with Crippen LogP contribution in [0.15, 0.2) is 17.5 Å². The Morgan fingerprint density at radius 2 is 2.17 bits per heavy atom. The lowest BCUT2D eigenvalue weighted by molar-refractivity contribution is -0.130. The Labute approximate surface area is 119 Å². The van der Waals surface area contributed by atoms with E-state index in [4.69, 9.17) is 5.73 Å². The fourth-order valence-corrected chi connectivity index (χ4v) is 3.23. The first-order valence-corrected chi connectivity index (χ1v) is 7.15. The van der Waals surface area contributed by atoms with E-state index >= 15 is 0 Å². The van der Waals surface area contributed by atoms with Gasteiger partial charge in [0.05, 0.1) is 5.41 Å². The largest absolute Gasteiger partial charge is 0.355 e. The molecule has 1 aliphatic rings. The quantitative estimate of drug-likeness (QED) is 0.874. The van der Waals surface area contributed by atoms with E-state index in [0.29, 0.717) is 6.54 Å². The highest BCUT2D eigenvalue weighted by atomic mass is 35.5. The normalized spacial score (nSPS) is 17.2. The van der Waals surface area contributed by atoms with Gasteiger partial charge in [-0.25, -0.2) is 0 Å². The highest BCUT2D eigenvalue weighted by molar-refractivity contribution is 7.09. The van der Waals surface area contributed by atoms with Crippen LogP contribution in [0.2, 0.25) is 0 Å². The Kier molecular flexibility index (Phi) is 6.12. The second-order valence-corrected chi connectivity index (χ2v) is 5.81. The van der Waals surface area contributed by atoms with E-state index in [2.05, 4.69) is 16.8 Å². The highest BCUT2D eigenvalue weighted by Crippen LogP contribution is 2.37. The van der Waals surface area contributed by atoms with Crippen LogP contribution in [-0.4, -0.2) is 19.0 Å². The first-order valence-electron chi connectivity index (χ1n) is 6.28. The number of carbonyl (C=O) groups is 1. The molecule has 0 spiro atoms. The third-order valence-electron chi connectivity index (χ3n) is 3.67. The Morgan fingerprint density at radius 1 is 1.44 bits per heavy atom. The summed E-state index contributed by atoms with van der Waals surface area (Å²) in [6, 6.07) is 4.14. The van der Waals surface area contributed by atoms with Crippen molar-refractivity contribution in [1.82, 2.24) is 5.32 Å². The molecule has 5 heteroatoms. The molecule has 1 amide bonds. The molecule has 0 radical (unpaired) electrons. The van der Waals surface area contributed by atoms with Crippen molar-refractivity contribution in [3.63, 3.8) is 0 Å². The summed E-state index contributed by atoms with van der Waals surface area (Å²) in [7, 11) is 0. The van der Waals surface area contributed by atoms with Crippen LogP contribution in [-0.2, 0) is 11.2 Å². The smallest absolute Gasteiger partial charge is 0.227 e. The predicted molar refractivity (Wildman–Crippen MR) is 78.2 cm³/mol. The minimum absolute atomic E-state index is 0. The lowest BCUT2D eigenvalue weighted by Gasteiger charge is -2.25. The average molecular weight is 289 g/mol. The molecule has 3 N–H and O–H groups in total. The molecule has 1 aromatic heterocycles. The molecule has 18 heavy (non-hydrogen) atoms. The molecular formula is C13H21ClN2OS. The van der Waals surface area contributed by atoms with Gasteiger partial charge < -0.3 is 11.1 Å². The molecule has 0 aliphatic heterocycles. The summed E-state index contributed by atoms with van der Waals surface area (Å²) in [6.45, 7) is 1.21. The fourth-order valence-electron chi connectivity index (χ4n) is 2.52. The second kappa shape index (κ2) is 7.12. The summed E-state index contributed by atoms with van der Waals surface area (Å²) in [6.07, 6.45) is 5.10. The van der Waals surface area contributed by atoms with Crippen molar-refractivity contribution >= 4 is 29.7 Å². The molecule has 0 aromatic carbocycles.